The van der Waals surface area contributed by atoms with E-state index in [1.165, 1.54) is 0 Å². The Kier molecular flexibility index (Phi) is 6.40. The Morgan fingerprint density at radius 3 is 2.53 bits per heavy atom. The van der Waals surface area contributed by atoms with E-state index >= 15 is 0 Å². The number of carbonyl (C=O) groups is 2. The number of nitrogens with zero attached hydrogens (tertiary/aromatic N) is 7. The van der Waals surface area contributed by atoms with Crippen LogP contribution in [-0.4, -0.2) is 73.9 Å². The normalized spacial score (nSPS) is 19.6. The predicted octanol–water partition coefficient (Wildman–Crippen LogP) is 4.17. The number of pyridine rings is 2. The number of aromatic nitrogens is 4. The number of hydrogen-bond acceptors (Lipinski definition) is 7. The molecule has 3 aromatic heterocycles. The highest BCUT2D eigenvalue weighted by molar-refractivity contribution is 6.03. The number of anilines is 3. The Hall–Kier alpha value is -3.89. The van der Waals surface area contributed by atoms with Gasteiger partial charge in [0.1, 0.15) is 17.2 Å². The molecule has 2 aliphatic heterocycles. The van der Waals surface area contributed by atoms with Gasteiger partial charge in [0.05, 0.1) is 24.0 Å². The molecule has 0 saturated carbocycles. The van der Waals surface area contributed by atoms with E-state index in [0.29, 0.717) is 43.4 Å². The third-order valence-electron chi connectivity index (χ3n) is 6.99. The number of aryl methyl sites for hydroxylation is 2. The molecule has 2 atom stereocenters. The first-order chi connectivity index (χ1) is 17.9. The highest BCUT2D eigenvalue weighted by atomic mass is 16.6. The molecule has 3 aromatic rings. The fourth-order valence-electron chi connectivity index (χ4n) is 5.41. The lowest BCUT2D eigenvalue weighted by molar-refractivity contribution is 0.00565. The average molecular weight is 521 g/mol. The summed E-state index contributed by atoms with van der Waals surface area (Å²) in [6.07, 6.45) is 3.97. The minimum Gasteiger partial charge on any atom is -0.444 e. The molecule has 1 saturated heterocycles. The molecule has 1 N–H and O–H groups in total. The van der Waals surface area contributed by atoms with Gasteiger partial charge in [-0.1, -0.05) is 0 Å². The molecular formula is C27H36N8O3. The van der Waals surface area contributed by atoms with Crippen molar-refractivity contribution in [3.63, 3.8) is 0 Å². The van der Waals surface area contributed by atoms with Gasteiger partial charge in [-0.05, 0) is 72.6 Å². The van der Waals surface area contributed by atoms with Crippen LogP contribution in [0.15, 0.2) is 24.5 Å². The summed E-state index contributed by atoms with van der Waals surface area (Å²) >= 11 is 0. The molecule has 0 aliphatic carbocycles. The smallest absolute Gasteiger partial charge is 0.410 e. The van der Waals surface area contributed by atoms with Crippen molar-refractivity contribution in [1.29, 1.82) is 0 Å². The highest BCUT2D eigenvalue weighted by Crippen LogP contribution is 2.36. The van der Waals surface area contributed by atoms with Gasteiger partial charge in [0, 0.05) is 37.1 Å². The van der Waals surface area contributed by atoms with Crippen LogP contribution in [0.25, 0.3) is 5.65 Å². The molecule has 0 spiro atoms. The van der Waals surface area contributed by atoms with Crippen molar-refractivity contribution in [3.05, 3.63) is 41.5 Å². The average Bonchev–Trinajstić information content (AvgIpc) is 3.39. The molecule has 0 aromatic carbocycles. The monoisotopic (exact) mass is 520 g/mol. The SMILES string of the molecule is Cc1nc2cc(C)c(NC(=O)N3CCc4c(N5C[C@@H](C)N(C(=O)OC(C)(C)C)[C@@H](C)C5)ccnc43)cn2n1. The maximum absolute atomic E-state index is 13.4. The van der Waals surface area contributed by atoms with Gasteiger partial charge in [0.25, 0.3) is 0 Å². The predicted molar refractivity (Wildman–Crippen MR) is 146 cm³/mol. The van der Waals surface area contributed by atoms with E-state index in [9.17, 15) is 9.59 Å². The van der Waals surface area contributed by atoms with Crippen LogP contribution in [0.2, 0.25) is 0 Å². The molecular weight excluding hydrogens is 484 g/mol. The lowest BCUT2D eigenvalue weighted by Gasteiger charge is -2.45. The zero-order valence-corrected chi connectivity index (χ0v) is 23.1. The van der Waals surface area contributed by atoms with Gasteiger partial charge in [-0.3, -0.25) is 9.80 Å². The van der Waals surface area contributed by atoms with Crippen LogP contribution in [0, 0.1) is 13.8 Å². The molecule has 11 heteroatoms. The maximum atomic E-state index is 13.4. The Bertz CT molecular complexity index is 1380. The third-order valence-corrected chi connectivity index (χ3v) is 6.99. The lowest BCUT2D eigenvalue weighted by Crippen LogP contribution is -2.59. The van der Waals surface area contributed by atoms with Gasteiger partial charge in [-0.2, -0.15) is 5.10 Å². The van der Waals surface area contributed by atoms with Gasteiger partial charge in [0.15, 0.2) is 5.65 Å². The second kappa shape index (κ2) is 9.45. The topological polar surface area (TPSA) is 108 Å². The third kappa shape index (κ3) is 4.84. The summed E-state index contributed by atoms with van der Waals surface area (Å²) in [6.45, 7) is 15.4. The fraction of sp³-hybridized carbons (Fsp3) is 0.519. The van der Waals surface area contributed by atoms with E-state index in [4.69, 9.17) is 4.74 Å². The van der Waals surface area contributed by atoms with Crippen molar-refractivity contribution in [2.75, 3.05) is 34.8 Å². The number of fused-ring (bicyclic) bond motifs is 2. The standard InChI is InChI=1S/C27H36N8O3/c1-16-12-23-29-19(4)31-34(23)15-21(16)30-25(36)33-11-9-20-22(8-10-28-24(20)33)32-13-17(2)35(18(3)14-32)26(37)38-27(5,6)7/h8,10,12,15,17-18H,9,11,13-14H2,1-7H3,(H,30,36)/t17-,18+. The molecule has 5 heterocycles. The number of nitrogens with one attached hydrogen (secondary N) is 1. The Morgan fingerprint density at radius 2 is 1.84 bits per heavy atom. The van der Waals surface area contributed by atoms with Crippen LogP contribution in [0.4, 0.5) is 26.8 Å². The van der Waals surface area contributed by atoms with Crippen LogP contribution >= 0.6 is 0 Å². The molecule has 0 radical (unpaired) electrons. The minimum absolute atomic E-state index is 0.0310. The zero-order chi connectivity index (χ0) is 27.4. The van der Waals surface area contributed by atoms with Gasteiger partial charge >= 0.3 is 12.1 Å². The Morgan fingerprint density at radius 1 is 1.13 bits per heavy atom. The summed E-state index contributed by atoms with van der Waals surface area (Å²) in [5.41, 5.74) is 3.90. The van der Waals surface area contributed by atoms with E-state index in [-0.39, 0.29) is 24.2 Å². The van der Waals surface area contributed by atoms with E-state index < -0.39 is 5.60 Å². The molecule has 3 amide bonds. The first-order valence-electron chi connectivity index (χ1n) is 13.1. The van der Waals surface area contributed by atoms with E-state index in [1.54, 1.807) is 21.8 Å². The first-order valence-corrected chi connectivity index (χ1v) is 13.1. The quantitative estimate of drug-likeness (QED) is 0.540. The van der Waals surface area contributed by atoms with Crippen molar-refractivity contribution in [2.45, 2.75) is 72.6 Å². The maximum Gasteiger partial charge on any atom is 0.410 e. The lowest BCUT2D eigenvalue weighted by atomic mass is 10.1. The molecule has 11 nitrogen and oxygen atoms in total. The number of carbonyl (C=O) groups excluding carboxylic acids is 2. The van der Waals surface area contributed by atoms with Crippen molar-refractivity contribution >= 4 is 35.0 Å². The zero-order valence-electron chi connectivity index (χ0n) is 23.1. The Balaban J connectivity index is 1.33. The number of rotatable bonds is 2. The van der Waals surface area contributed by atoms with E-state index in [2.05, 4.69) is 25.3 Å². The van der Waals surface area contributed by atoms with E-state index in [1.807, 2.05) is 65.5 Å². The second-order valence-corrected chi connectivity index (χ2v) is 11.3. The number of piperazine rings is 1. The van der Waals surface area contributed by atoms with Gasteiger partial charge in [-0.15, -0.1) is 0 Å². The number of amides is 3. The summed E-state index contributed by atoms with van der Waals surface area (Å²) in [5.74, 6) is 1.35. The molecule has 2 aliphatic rings. The number of ether oxygens (including phenoxy) is 1. The van der Waals surface area contributed by atoms with Crippen LogP contribution in [0.3, 0.4) is 0 Å². The molecule has 202 valence electrons. The largest absolute Gasteiger partial charge is 0.444 e. The van der Waals surface area contributed by atoms with Crippen molar-refractivity contribution < 1.29 is 14.3 Å². The number of urea groups is 1. The second-order valence-electron chi connectivity index (χ2n) is 11.3. The van der Waals surface area contributed by atoms with Crippen LogP contribution < -0.4 is 15.1 Å². The van der Waals surface area contributed by atoms with Crippen LogP contribution in [0.5, 0.6) is 0 Å². The van der Waals surface area contributed by atoms with Crippen molar-refractivity contribution in [3.8, 4) is 0 Å². The molecule has 38 heavy (non-hydrogen) atoms. The summed E-state index contributed by atoms with van der Waals surface area (Å²) in [4.78, 5) is 41.0. The Labute approximate surface area is 222 Å². The van der Waals surface area contributed by atoms with Gasteiger partial charge < -0.3 is 15.0 Å². The summed E-state index contributed by atoms with van der Waals surface area (Å²) in [7, 11) is 0. The summed E-state index contributed by atoms with van der Waals surface area (Å²) in [5, 5.41) is 7.39. The molecule has 1 fully saturated rings. The van der Waals surface area contributed by atoms with E-state index in [0.717, 1.165) is 22.5 Å². The van der Waals surface area contributed by atoms with Crippen LogP contribution in [0.1, 0.15) is 51.6 Å². The minimum atomic E-state index is -0.540. The van der Waals surface area contributed by atoms with Gasteiger partial charge in [-0.25, -0.2) is 24.1 Å². The fourth-order valence-corrected chi connectivity index (χ4v) is 5.41. The molecule has 0 bridgehead atoms. The molecule has 5 rings (SSSR count). The summed E-state index contributed by atoms with van der Waals surface area (Å²) in [6, 6.07) is 3.62. The highest BCUT2D eigenvalue weighted by Gasteiger charge is 2.37. The van der Waals surface area contributed by atoms with Gasteiger partial charge in [0.2, 0.25) is 0 Å². The summed E-state index contributed by atoms with van der Waals surface area (Å²) < 4.78 is 7.33. The van der Waals surface area contributed by atoms with Crippen LogP contribution in [-0.2, 0) is 11.2 Å². The first kappa shape index (κ1) is 25.7. The van der Waals surface area contributed by atoms with Crippen molar-refractivity contribution in [2.24, 2.45) is 0 Å². The number of hydrogen-bond donors (Lipinski definition) is 1. The molecule has 0 unspecified atom stereocenters. The van der Waals surface area contributed by atoms with Crippen molar-refractivity contribution in [1.82, 2.24) is 24.5 Å².